The highest BCUT2D eigenvalue weighted by atomic mass is 35.5. The van der Waals surface area contributed by atoms with E-state index in [9.17, 15) is 15.3 Å². The van der Waals surface area contributed by atoms with E-state index < -0.39 is 5.91 Å². The van der Waals surface area contributed by atoms with Crippen LogP contribution in [0.1, 0.15) is 47.4 Å². The maximum atomic E-state index is 13.3. The summed E-state index contributed by atoms with van der Waals surface area (Å²) in [6, 6.07) is 18.3. The first-order chi connectivity index (χ1) is 17.0. The first-order valence-corrected chi connectivity index (χ1v) is 11.9. The molecule has 0 aliphatic heterocycles. The lowest BCUT2D eigenvalue weighted by molar-refractivity contribution is 0.0939. The van der Waals surface area contributed by atoms with E-state index >= 15 is 0 Å². The van der Waals surface area contributed by atoms with E-state index in [1.54, 1.807) is 42.5 Å². The third-order valence-corrected chi connectivity index (χ3v) is 6.74. The van der Waals surface area contributed by atoms with Crippen molar-refractivity contribution in [3.05, 3.63) is 75.5 Å². The van der Waals surface area contributed by atoms with Crippen LogP contribution in [0.15, 0.2) is 48.5 Å². The Kier molecular flexibility index (Phi) is 6.13. The van der Waals surface area contributed by atoms with Crippen LogP contribution >= 0.6 is 23.2 Å². The molecule has 0 atom stereocenters. The molecule has 4 aromatic rings. The third-order valence-electron chi connectivity index (χ3n) is 6.15. The number of hydrogen-bond acceptors (Lipinski definition) is 5. The molecule has 0 unspecified atom stereocenters. The topological polar surface area (TPSA) is 107 Å². The van der Waals surface area contributed by atoms with Crippen molar-refractivity contribution < 1.29 is 4.79 Å². The molecule has 2 aromatic heterocycles. The van der Waals surface area contributed by atoms with E-state index in [1.165, 1.54) is 4.52 Å². The zero-order valence-electron chi connectivity index (χ0n) is 18.4. The van der Waals surface area contributed by atoms with Crippen molar-refractivity contribution in [2.24, 2.45) is 0 Å². The van der Waals surface area contributed by atoms with Crippen LogP contribution in [0.4, 0.5) is 0 Å². The Morgan fingerprint density at radius 1 is 1.00 bits per heavy atom. The van der Waals surface area contributed by atoms with Gasteiger partial charge in [-0.1, -0.05) is 66.4 Å². The molecular weight excluding hydrogens is 483 g/mol. The van der Waals surface area contributed by atoms with Gasteiger partial charge in [-0.2, -0.15) is 15.6 Å². The zero-order chi connectivity index (χ0) is 24.5. The lowest BCUT2D eigenvalue weighted by Crippen LogP contribution is -2.33. The molecule has 1 amide bonds. The van der Waals surface area contributed by atoms with Crippen molar-refractivity contribution in [1.82, 2.24) is 19.9 Å². The number of halogens is 2. The average molecular weight is 501 g/mol. The minimum atomic E-state index is -0.424. The quantitative estimate of drug-likeness (QED) is 0.381. The van der Waals surface area contributed by atoms with E-state index in [4.69, 9.17) is 23.2 Å². The standard InChI is InChI=1S/C26H18Cl2N6O/c27-16-11-9-15(10-12-16)24-22(18-7-3-4-8-19(18)28)20(13-29)32-25-23(21(14-30)33-34(24)25)26(35)31-17-5-1-2-6-17/h3-4,7-12,17H,1-2,5-6H2,(H,31,35). The number of carbonyl (C=O) groups is 1. The van der Waals surface area contributed by atoms with Crippen molar-refractivity contribution in [2.45, 2.75) is 31.7 Å². The van der Waals surface area contributed by atoms with Crippen LogP contribution in [-0.2, 0) is 0 Å². The smallest absolute Gasteiger partial charge is 0.258 e. The molecule has 5 rings (SSSR count). The molecule has 0 radical (unpaired) electrons. The van der Waals surface area contributed by atoms with Crippen LogP contribution in [0, 0.1) is 22.7 Å². The monoisotopic (exact) mass is 500 g/mol. The number of amides is 1. The van der Waals surface area contributed by atoms with Crippen LogP contribution in [0.3, 0.4) is 0 Å². The number of fused-ring (bicyclic) bond motifs is 1. The summed E-state index contributed by atoms with van der Waals surface area (Å²) >= 11 is 12.7. The molecule has 1 aliphatic carbocycles. The molecule has 35 heavy (non-hydrogen) atoms. The molecule has 2 aromatic carbocycles. The molecule has 0 saturated heterocycles. The minimum absolute atomic E-state index is 0.0394. The predicted octanol–water partition coefficient (Wildman–Crippen LogP) is 5.79. The Bertz CT molecular complexity index is 1540. The Labute approximate surface area is 211 Å². The lowest BCUT2D eigenvalue weighted by atomic mass is 9.97. The fourth-order valence-corrected chi connectivity index (χ4v) is 4.89. The number of aromatic nitrogens is 3. The molecule has 7 nitrogen and oxygen atoms in total. The first-order valence-electron chi connectivity index (χ1n) is 11.1. The Balaban J connectivity index is 1.84. The Morgan fingerprint density at radius 3 is 2.34 bits per heavy atom. The number of carbonyl (C=O) groups excluding carboxylic acids is 1. The minimum Gasteiger partial charge on any atom is -0.349 e. The van der Waals surface area contributed by atoms with Gasteiger partial charge in [0.15, 0.2) is 17.0 Å². The van der Waals surface area contributed by atoms with E-state index in [0.717, 1.165) is 25.7 Å². The predicted molar refractivity (Wildman–Crippen MR) is 133 cm³/mol. The normalized spacial score (nSPS) is 13.5. The second-order valence-corrected chi connectivity index (χ2v) is 9.15. The van der Waals surface area contributed by atoms with Gasteiger partial charge in [0.2, 0.25) is 0 Å². The molecule has 1 fully saturated rings. The summed E-state index contributed by atoms with van der Waals surface area (Å²) in [6.07, 6.45) is 3.86. The highest BCUT2D eigenvalue weighted by Gasteiger charge is 2.29. The third kappa shape index (κ3) is 4.10. The van der Waals surface area contributed by atoms with Gasteiger partial charge >= 0.3 is 0 Å². The van der Waals surface area contributed by atoms with Crippen molar-refractivity contribution in [3.8, 4) is 34.5 Å². The number of nitrogens with one attached hydrogen (secondary N) is 1. The van der Waals surface area contributed by atoms with Crippen molar-refractivity contribution in [1.29, 1.82) is 10.5 Å². The molecule has 2 heterocycles. The van der Waals surface area contributed by atoms with E-state index in [2.05, 4.69) is 21.5 Å². The summed E-state index contributed by atoms with van der Waals surface area (Å²) in [5.41, 5.74) is 2.36. The number of rotatable bonds is 4. The summed E-state index contributed by atoms with van der Waals surface area (Å²) in [7, 11) is 0. The first kappa shape index (κ1) is 22.9. The second-order valence-electron chi connectivity index (χ2n) is 8.31. The van der Waals surface area contributed by atoms with Crippen LogP contribution in [-0.4, -0.2) is 26.5 Å². The summed E-state index contributed by atoms with van der Waals surface area (Å²) in [6.45, 7) is 0. The number of benzene rings is 2. The number of hydrogen-bond donors (Lipinski definition) is 1. The summed E-state index contributed by atoms with van der Waals surface area (Å²) in [4.78, 5) is 17.8. The highest BCUT2D eigenvalue weighted by Crippen LogP contribution is 2.39. The fraction of sp³-hybridized carbons (Fsp3) is 0.192. The van der Waals surface area contributed by atoms with Gasteiger partial charge in [0.05, 0.1) is 5.69 Å². The van der Waals surface area contributed by atoms with E-state index in [-0.39, 0.29) is 28.6 Å². The number of nitriles is 2. The van der Waals surface area contributed by atoms with Crippen LogP contribution in [0.5, 0.6) is 0 Å². The van der Waals surface area contributed by atoms with Crippen LogP contribution in [0.2, 0.25) is 10.0 Å². The second kappa shape index (κ2) is 9.38. The highest BCUT2D eigenvalue weighted by molar-refractivity contribution is 6.33. The molecule has 0 bridgehead atoms. The van der Waals surface area contributed by atoms with Crippen LogP contribution in [0.25, 0.3) is 28.0 Å². The van der Waals surface area contributed by atoms with E-state index in [1.807, 2.05) is 12.1 Å². The molecule has 1 aliphatic rings. The largest absolute Gasteiger partial charge is 0.349 e. The van der Waals surface area contributed by atoms with Crippen molar-refractivity contribution in [2.75, 3.05) is 0 Å². The van der Waals surface area contributed by atoms with Gasteiger partial charge in [0.1, 0.15) is 17.7 Å². The molecular formula is C26H18Cl2N6O. The molecule has 1 N–H and O–H groups in total. The van der Waals surface area contributed by atoms with Gasteiger partial charge in [0.25, 0.3) is 5.91 Å². The Hall–Kier alpha value is -3.91. The summed E-state index contributed by atoms with van der Waals surface area (Å²) in [5, 5.41) is 28.4. The number of nitrogens with zero attached hydrogens (tertiary/aromatic N) is 5. The van der Waals surface area contributed by atoms with Gasteiger partial charge < -0.3 is 5.32 Å². The van der Waals surface area contributed by atoms with Crippen molar-refractivity contribution >= 4 is 34.8 Å². The fourth-order valence-electron chi connectivity index (χ4n) is 4.54. The lowest BCUT2D eigenvalue weighted by Gasteiger charge is -2.15. The summed E-state index contributed by atoms with van der Waals surface area (Å²) < 4.78 is 1.45. The molecule has 9 heteroatoms. The average Bonchev–Trinajstić information content (AvgIpc) is 3.51. The van der Waals surface area contributed by atoms with Gasteiger partial charge in [-0.25, -0.2) is 9.50 Å². The molecule has 1 saturated carbocycles. The van der Waals surface area contributed by atoms with Crippen LogP contribution < -0.4 is 5.32 Å². The molecule has 0 spiro atoms. The molecule has 172 valence electrons. The zero-order valence-corrected chi connectivity index (χ0v) is 19.9. The Morgan fingerprint density at radius 2 is 1.69 bits per heavy atom. The summed E-state index contributed by atoms with van der Waals surface area (Å²) in [5.74, 6) is -0.424. The maximum Gasteiger partial charge on any atom is 0.258 e. The van der Waals surface area contributed by atoms with Gasteiger partial charge in [0, 0.05) is 32.8 Å². The van der Waals surface area contributed by atoms with Gasteiger partial charge in [-0.05, 0) is 31.0 Å². The van der Waals surface area contributed by atoms with Gasteiger partial charge in [-0.15, -0.1) is 0 Å². The van der Waals surface area contributed by atoms with Gasteiger partial charge in [-0.3, -0.25) is 4.79 Å². The van der Waals surface area contributed by atoms with Crippen molar-refractivity contribution in [3.63, 3.8) is 0 Å². The SMILES string of the molecule is N#Cc1nc2c(C(=O)NC3CCCC3)c(C#N)nn2c(-c2ccc(Cl)cc2)c1-c1ccccc1Cl. The van der Waals surface area contributed by atoms with E-state index in [0.29, 0.717) is 32.4 Å². The maximum absolute atomic E-state index is 13.3.